The molecule has 3 aliphatic carbocycles. The summed E-state index contributed by atoms with van der Waals surface area (Å²) in [5, 5.41) is 11.1. The fourth-order valence-corrected chi connectivity index (χ4v) is 6.94. The summed E-state index contributed by atoms with van der Waals surface area (Å²) in [5.74, 6) is 2.08. The largest absolute Gasteiger partial charge is 0.504 e. The molecule has 2 bridgehead atoms. The van der Waals surface area contributed by atoms with E-state index in [2.05, 4.69) is 17.9 Å². The van der Waals surface area contributed by atoms with Crippen molar-refractivity contribution >= 4 is 5.78 Å². The second kappa shape index (κ2) is 5.97. The number of phenols is 1. The van der Waals surface area contributed by atoms with E-state index in [1.165, 1.54) is 24.9 Å². The van der Waals surface area contributed by atoms with Crippen LogP contribution in [0.4, 0.5) is 0 Å². The van der Waals surface area contributed by atoms with Gasteiger partial charge in [-0.3, -0.25) is 9.69 Å². The molecular weight excluding hydrogens is 338 g/mol. The lowest BCUT2D eigenvalue weighted by atomic mass is 9.43. The lowest BCUT2D eigenvalue weighted by molar-refractivity contribution is -0.140. The first-order valence-corrected chi connectivity index (χ1v) is 10.7. The number of ether oxygens (including phenoxy) is 1. The van der Waals surface area contributed by atoms with Gasteiger partial charge in [-0.15, -0.1) is 0 Å². The minimum atomic E-state index is -0.228. The second-order valence-corrected chi connectivity index (χ2v) is 9.37. The Morgan fingerprint density at radius 1 is 1.30 bits per heavy atom. The number of hydrogen-bond acceptors (Lipinski definition) is 4. The molecule has 0 radical (unpaired) electrons. The van der Waals surface area contributed by atoms with Crippen molar-refractivity contribution < 1.29 is 14.6 Å². The van der Waals surface area contributed by atoms with Gasteiger partial charge in [-0.1, -0.05) is 13.0 Å². The molecule has 0 unspecified atom stereocenters. The average Bonchev–Trinajstić information content (AvgIpc) is 3.47. The molecule has 1 N–H and O–H groups in total. The van der Waals surface area contributed by atoms with Crippen LogP contribution in [0.3, 0.4) is 0 Å². The van der Waals surface area contributed by atoms with Gasteiger partial charge in [-0.2, -0.15) is 0 Å². The van der Waals surface area contributed by atoms with Crippen LogP contribution in [0.5, 0.6) is 11.5 Å². The first-order valence-electron chi connectivity index (χ1n) is 10.7. The zero-order valence-corrected chi connectivity index (χ0v) is 16.6. The van der Waals surface area contributed by atoms with Crippen molar-refractivity contribution in [2.75, 3.05) is 20.2 Å². The molecule has 2 saturated carbocycles. The quantitative estimate of drug-likeness (QED) is 0.876. The molecule has 1 aromatic carbocycles. The fourth-order valence-electron chi connectivity index (χ4n) is 6.94. The van der Waals surface area contributed by atoms with E-state index in [4.69, 9.17) is 4.74 Å². The number of fused-ring (bicyclic) bond motifs is 1. The number of piperidine rings is 1. The highest BCUT2D eigenvalue weighted by atomic mass is 16.5. The van der Waals surface area contributed by atoms with E-state index in [9.17, 15) is 9.90 Å². The summed E-state index contributed by atoms with van der Waals surface area (Å²) in [6, 6.07) is 4.53. The van der Waals surface area contributed by atoms with E-state index in [1.807, 2.05) is 6.07 Å². The Morgan fingerprint density at radius 2 is 2.11 bits per heavy atom. The van der Waals surface area contributed by atoms with Crippen LogP contribution in [-0.4, -0.2) is 42.0 Å². The van der Waals surface area contributed by atoms with Gasteiger partial charge < -0.3 is 9.84 Å². The molecule has 5 rings (SSSR count). The van der Waals surface area contributed by atoms with Gasteiger partial charge in [0.15, 0.2) is 11.5 Å². The van der Waals surface area contributed by atoms with Crippen LogP contribution in [-0.2, 0) is 16.6 Å². The summed E-state index contributed by atoms with van der Waals surface area (Å²) >= 11 is 0. The molecule has 0 spiro atoms. The molecule has 146 valence electrons. The lowest BCUT2D eigenvalue weighted by Gasteiger charge is -2.66. The van der Waals surface area contributed by atoms with Gasteiger partial charge in [0, 0.05) is 36.4 Å². The lowest BCUT2D eigenvalue weighted by Crippen LogP contribution is -2.68. The van der Waals surface area contributed by atoms with Crippen LogP contribution in [0.15, 0.2) is 12.1 Å². The highest BCUT2D eigenvalue weighted by Gasteiger charge is 2.65. The smallest absolute Gasteiger partial charge is 0.161 e. The van der Waals surface area contributed by atoms with Crippen LogP contribution in [0.25, 0.3) is 0 Å². The molecule has 0 amide bonds. The van der Waals surface area contributed by atoms with E-state index in [0.717, 1.165) is 43.7 Å². The van der Waals surface area contributed by atoms with Gasteiger partial charge in [0.05, 0.1) is 7.11 Å². The monoisotopic (exact) mass is 369 g/mol. The molecule has 1 aliphatic heterocycles. The Balaban J connectivity index is 1.71. The van der Waals surface area contributed by atoms with Crippen LogP contribution in [0.1, 0.15) is 63.0 Å². The summed E-state index contributed by atoms with van der Waals surface area (Å²) < 4.78 is 5.46. The van der Waals surface area contributed by atoms with Crippen molar-refractivity contribution in [3.8, 4) is 11.5 Å². The summed E-state index contributed by atoms with van der Waals surface area (Å²) in [7, 11) is 1.61. The molecule has 1 heterocycles. The van der Waals surface area contributed by atoms with Crippen molar-refractivity contribution in [1.82, 2.24) is 4.90 Å². The minimum Gasteiger partial charge on any atom is -0.504 e. The van der Waals surface area contributed by atoms with Crippen molar-refractivity contribution in [3.05, 3.63) is 23.3 Å². The van der Waals surface area contributed by atoms with Crippen molar-refractivity contribution in [2.45, 2.75) is 69.7 Å². The fraction of sp³-hybridized carbons (Fsp3) is 0.696. The zero-order valence-electron chi connectivity index (χ0n) is 16.6. The molecule has 0 aromatic heterocycles. The molecule has 1 saturated heterocycles. The van der Waals surface area contributed by atoms with Gasteiger partial charge in [0.1, 0.15) is 5.78 Å². The van der Waals surface area contributed by atoms with Gasteiger partial charge >= 0.3 is 0 Å². The summed E-state index contributed by atoms with van der Waals surface area (Å²) in [6.07, 6.45) is 8.03. The predicted octanol–water partition coefficient (Wildman–Crippen LogP) is 3.83. The van der Waals surface area contributed by atoms with E-state index < -0.39 is 0 Å². The van der Waals surface area contributed by atoms with Crippen molar-refractivity contribution in [2.24, 2.45) is 11.3 Å². The maximum Gasteiger partial charge on any atom is 0.161 e. The third kappa shape index (κ3) is 2.28. The number of benzene rings is 1. The number of rotatable bonds is 4. The van der Waals surface area contributed by atoms with E-state index >= 15 is 0 Å². The number of methoxy groups -OCH3 is 1. The van der Waals surface area contributed by atoms with E-state index in [-0.39, 0.29) is 16.6 Å². The average molecular weight is 370 g/mol. The molecular formula is C23H31NO3. The highest BCUT2D eigenvalue weighted by molar-refractivity contribution is 5.82. The maximum atomic E-state index is 12.7. The number of likely N-dealkylation sites (tertiary alicyclic amines) is 1. The Bertz CT molecular complexity index is 786. The van der Waals surface area contributed by atoms with Crippen LogP contribution in [0.2, 0.25) is 0 Å². The Kier molecular flexibility index (Phi) is 3.88. The van der Waals surface area contributed by atoms with E-state index in [0.29, 0.717) is 30.4 Å². The number of carbonyl (C=O) groups excluding carboxylic acids is 1. The third-order valence-electron chi connectivity index (χ3n) is 8.37. The standard InChI is InChI=1S/C23H31NO3/c1-3-22-9-8-17(25)13-23(22)10-11-24(14-15-4-5-15)19(22)12-16-6-7-18(27-2)21(26)20(16)23/h6-7,15,19,26H,3-5,8-14H2,1-2H3/t19-,22+,23-/m1/s1. The number of ketones is 1. The molecule has 4 nitrogen and oxygen atoms in total. The first-order chi connectivity index (χ1) is 13.0. The van der Waals surface area contributed by atoms with Gasteiger partial charge in [0.25, 0.3) is 0 Å². The minimum absolute atomic E-state index is 0.0882. The SMILES string of the molecule is CC[C@@]12CCC(=O)C[C@@]13CCN(CC1CC1)[C@@H]2Cc1ccc(OC)c(O)c13. The summed E-state index contributed by atoms with van der Waals surface area (Å²) in [5.41, 5.74) is 2.13. The van der Waals surface area contributed by atoms with Crippen LogP contribution in [0, 0.1) is 11.3 Å². The predicted molar refractivity (Wildman–Crippen MR) is 104 cm³/mol. The molecule has 27 heavy (non-hydrogen) atoms. The Labute approximate surface area is 161 Å². The number of nitrogens with zero attached hydrogens (tertiary/aromatic N) is 1. The van der Waals surface area contributed by atoms with Gasteiger partial charge in [0.2, 0.25) is 0 Å². The van der Waals surface area contributed by atoms with Crippen molar-refractivity contribution in [3.63, 3.8) is 0 Å². The number of phenolic OH excluding ortho intramolecular Hbond substituents is 1. The first kappa shape index (κ1) is 17.5. The topological polar surface area (TPSA) is 49.8 Å². The molecule has 3 atom stereocenters. The number of aromatic hydroxyl groups is 1. The molecule has 3 fully saturated rings. The Morgan fingerprint density at radius 3 is 2.81 bits per heavy atom. The number of Topliss-reactive ketones (excluding diaryl/α,β-unsaturated/α-hetero) is 1. The maximum absolute atomic E-state index is 12.7. The summed E-state index contributed by atoms with van der Waals surface area (Å²) in [4.78, 5) is 15.4. The normalized spacial score (nSPS) is 35.5. The highest BCUT2D eigenvalue weighted by Crippen LogP contribution is 2.66. The van der Waals surface area contributed by atoms with E-state index in [1.54, 1.807) is 7.11 Å². The number of hydrogen-bond donors (Lipinski definition) is 1. The second-order valence-electron chi connectivity index (χ2n) is 9.37. The van der Waals surface area contributed by atoms with Crippen LogP contribution < -0.4 is 4.74 Å². The zero-order chi connectivity index (χ0) is 18.8. The van der Waals surface area contributed by atoms with Crippen molar-refractivity contribution in [1.29, 1.82) is 0 Å². The van der Waals surface area contributed by atoms with Gasteiger partial charge in [-0.25, -0.2) is 0 Å². The molecule has 1 aromatic rings. The molecule has 4 aliphatic rings. The summed E-state index contributed by atoms with van der Waals surface area (Å²) in [6.45, 7) is 4.57. The van der Waals surface area contributed by atoms with Gasteiger partial charge in [-0.05, 0) is 68.0 Å². The number of carbonyl (C=O) groups is 1. The Hall–Kier alpha value is -1.55. The molecule has 4 heteroatoms. The van der Waals surface area contributed by atoms with Crippen LogP contribution >= 0.6 is 0 Å². The third-order valence-corrected chi connectivity index (χ3v) is 8.37.